The van der Waals surface area contributed by atoms with Gasteiger partial charge in [-0.05, 0) is 47.2 Å². The van der Waals surface area contributed by atoms with Gasteiger partial charge >= 0.3 is 12.1 Å². The van der Waals surface area contributed by atoms with Gasteiger partial charge in [-0.3, -0.25) is 9.88 Å². The average Bonchev–Trinajstić information content (AvgIpc) is 3.38. The maximum atomic E-state index is 13.1. The minimum atomic E-state index is -1.02. The van der Waals surface area contributed by atoms with Crippen molar-refractivity contribution in [1.29, 1.82) is 0 Å². The highest BCUT2D eigenvalue weighted by molar-refractivity contribution is 5.82. The Morgan fingerprint density at radius 1 is 0.935 bits per heavy atom. The van der Waals surface area contributed by atoms with Crippen LogP contribution in [0.15, 0.2) is 72.9 Å². The van der Waals surface area contributed by atoms with Gasteiger partial charge in [0.05, 0.1) is 11.7 Å². The van der Waals surface area contributed by atoms with Crippen molar-refractivity contribution in [2.24, 2.45) is 0 Å². The number of fused-ring (bicyclic) bond motifs is 3. The monoisotopic (exact) mass is 414 g/mol. The van der Waals surface area contributed by atoms with Crippen molar-refractivity contribution in [1.82, 2.24) is 9.88 Å². The van der Waals surface area contributed by atoms with Gasteiger partial charge in [0.15, 0.2) is 0 Å². The van der Waals surface area contributed by atoms with Crippen molar-refractivity contribution in [2.45, 2.75) is 30.8 Å². The SMILES string of the molecule is O=C(O)[C@@H]1CC[C@H](c2ccccn2)N1C(=O)OCC1c2ccccc2-c2ccccc21. The molecule has 0 radical (unpaired) electrons. The highest BCUT2D eigenvalue weighted by Crippen LogP contribution is 2.45. The maximum absolute atomic E-state index is 13.1. The third-order valence-corrected chi connectivity index (χ3v) is 6.25. The number of pyridine rings is 1. The Morgan fingerprint density at radius 2 is 1.58 bits per heavy atom. The molecule has 0 unspecified atom stereocenters. The van der Waals surface area contributed by atoms with Crippen LogP contribution in [0, 0.1) is 0 Å². The van der Waals surface area contributed by atoms with Crippen molar-refractivity contribution in [3.05, 3.63) is 89.7 Å². The predicted octanol–water partition coefficient (Wildman–Crippen LogP) is 4.62. The van der Waals surface area contributed by atoms with E-state index in [1.807, 2.05) is 36.4 Å². The molecule has 0 spiro atoms. The fourth-order valence-corrected chi connectivity index (χ4v) is 4.84. The lowest BCUT2D eigenvalue weighted by Gasteiger charge is -2.28. The van der Waals surface area contributed by atoms with Crippen LogP contribution in [-0.4, -0.2) is 39.7 Å². The zero-order chi connectivity index (χ0) is 21.4. The lowest BCUT2D eigenvalue weighted by atomic mass is 9.98. The van der Waals surface area contributed by atoms with E-state index in [-0.39, 0.29) is 12.5 Å². The van der Waals surface area contributed by atoms with Gasteiger partial charge < -0.3 is 9.84 Å². The average molecular weight is 414 g/mol. The van der Waals surface area contributed by atoms with E-state index in [4.69, 9.17) is 4.74 Å². The number of hydrogen-bond acceptors (Lipinski definition) is 4. The minimum absolute atomic E-state index is 0.0736. The van der Waals surface area contributed by atoms with E-state index < -0.39 is 24.1 Å². The molecule has 1 aromatic heterocycles. The molecule has 3 aromatic rings. The number of hydrogen-bond donors (Lipinski definition) is 1. The summed E-state index contributed by atoms with van der Waals surface area (Å²) in [6.07, 6.45) is 1.96. The molecule has 0 bridgehead atoms. The third-order valence-electron chi connectivity index (χ3n) is 6.25. The van der Waals surface area contributed by atoms with Crippen LogP contribution in [-0.2, 0) is 9.53 Å². The van der Waals surface area contributed by atoms with Crippen LogP contribution in [0.25, 0.3) is 11.1 Å². The zero-order valence-electron chi connectivity index (χ0n) is 16.8. The summed E-state index contributed by atoms with van der Waals surface area (Å²) in [7, 11) is 0. The van der Waals surface area contributed by atoms with Crippen LogP contribution >= 0.6 is 0 Å². The quantitative estimate of drug-likeness (QED) is 0.674. The van der Waals surface area contributed by atoms with Gasteiger partial charge in [-0.1, -0.05) is 54.6 Å². The van der Waals surface area contributed by atoms with Crippen molar-refractivity contribution in [3.8, 4) is 11.1 Å². The van der Waals surface area contributed by atoms with Crippen molar-refractivity contribution in [2.75, 3.05) is 6.61 Å². The van der Waals surface area contributed by atoms with Crippen LogP contribution in [0.1, 0.15) is 41.6 Å². The smallest absolute Gasteiger partial charge is 0.411 e. The van der Waals surface area contributed by atoms with Gasteiger partial charge in [-0.15, -0.1) is 0 Å². The number of ether oxygens (including phenoxy) is 1. The van der Waals surface area contributed by atoms with Gasteiger partial charge in [0.2, 0.25) is 0 Å². The summed E-state index contributed by atoms with van der Waals surface area (Å²) < 4.78 is 5.75. The molecular weight excluding hydrogens is 392 g/mol. The lowest BCUT2D eigenvalue weighted by molar-refractivity contribution is -0.142. The van der Waals surface area contributed by atoms with Crippen molar-refractivity contribution in [3.63, 3.8) is 0 Å². The molecule has 1 aliphatic carbocycles. The Labute approximate surface area is 180 Å². The number of carbonyl (C=O) groups is 2. The Balaban J connectivity index is 1.40. The van der Waals surface area contributed by atoms with Crippen LogP contribution in [0.5, 0.6) is 0 Å². The standard InChI is InChI=1S/C25H22N2O4/c28-24(29)23-13-12-22(21-11-5-6-14-26-21)27(23)25(30)31-15-20-18-9-3-1-7-16(18)17-8-2-4-10-19(17)20/h1-11,14,20,22-23H,12-13,15H2,(H,28,29)/t22-,23+/m1/s1. The Morgan fingerprint density at radius 3 is 2.19 bits per heavy atom. The molecule has 1 fully saturated rings. The number of carboxylic acid groups (broad SMARTS) is 1. The second kappa shape index (κ2) is 7.87. The summed E-state index contributed by atoms with van der Waals surface area (Å²) in [6.45, 7) is 0.157. The molecule has 1 aliphatic heterocycles. The van der Waals surface area contributed by atoms with E-state index >= 15 is 0 Å². The van der Waals surface area contributed by atoms with Crippen LogP contribution in [0.3, 0.4) is 0 Å². The number of aromatic nitrogens is 1. The maximum Gasteiger partial charge on any atom is 0.411 e. The molecule has 1 N–H and O–H groups in total. The minimum Gasteiger partial charge on any atom is -0.480 e. The van der Waals surface area contributed by atoms with Crippen molar-refractivity contribution < 1.29 is 19.4 Å². The van der Waals surface area contributed by atoms with Gasteiger partial charge in [0.1, 0.15) is 12.6 Å². The topological polar surface area (TPSA) is 79.7 Å². The Hall–Kier alpha value is -3.67. The highest BCUT2D eigenvalue weighted by Gasteiger charge is 2.43. The first-order valence-corrected chi connectivity index (χ1v) is 10.4. The second-order valence-electron chi connectivity index (χ2n) is 7.91. The molecule has 5 rings (SSSR count). The second-order valence-corrected chi connectivity index (χ2v) is 7.91. The van der Waals surface area contributed by atoms with E-state index in [0.29, 0.717) is 18.5 Å². The number of benzene rings is 2. The first-order valence-electron chi connectivity index (χ1n) is 10.4. The molecule has 2 heterocycles. The summed E-state index contributed by atoms with van der Waals surface area (Å²) in [4.78, 5) is 30.6. The Bertz CT molecular complexity index is 1090. The molecule has 31 heavy (non-hydrogen) atoms. The van der Waals surface area contributed by atoms with E-state index in [1.54, 1.807) is 12.3 Å². The first kappa shape index (κ1) is 19.3. The van der Waals surface area contributed by atoms with E-state index in [2.05, 4.69) is 29.2 Å². The van der Waals surface area contributed by atoms with E-state index in [1.165, 1.54) is 4.90 Å². The third kappa shape index (κ3) is 3.34. The van der Waals surface area contributed by atoms with Gasteiger partial charge in [-0.2, -0.15) is 0 Å². The first-order chi connectivity index (χ1) is 15.1. The lowest BCUT2D eigenvalue weighted by Crippen LogP contribution is -2.42. The number of amides is 1. The fraction of sp³-hybridized carbons (Fsp3) is 0.240. The molecule has 1 amide bonds. The number of likely N-dealkylation sites (tertiary alicyclic amines) is 1. The van der Waals surface area contributed by atoms with Crippen molar-refractivity contribution >= 4 is 12.1 Å². The van der Waals surface area contributed by atoms with Crippen LogP contribution < -0.4 is 0 Å². The van der Waals surface area contributed by atoms with Gasteiger partial charge in [0, 0.05) is 12.1 Å². The molecule has 0 saturated carbocycles. The van der Waals surface area contributed by atoms with E-state index in [9.17, 15) is 14.7 Å². The van der Waals surface area contributed by atoms with Crippen LogP contribution in [0.4, 0.5) is 4.79 Å². The number of nitrogens with zero attached hydrogens (tertiary/aromatic N) is 2. The summed E-state index contributed by atoms with van der Waals surface area (Å²) in [5.41, 5.74) is 5.22. The molecule has 2 aliphatic rings. The molecule has 2 atom stereocenters. The van der Waals surface area contributed by atoms with Crippen LogP contribution in [0.2, 0.25) is 0 Å². The number of rotatable bonds is 4. The summed E-state index contributed by atoms with van der Waals surface area (Å²) in [5, 5.41) is 9.67. The normalized spacial score (nSPS) is 19.7. The predicted molar refractivity (Wildman–Crippen MR) is 115 cm³/mol. The van der Waals surface area contributed by atoms with E-state index in [0.717, 1.165) is 22.3 Å². The molecule has 6 nitrogen and oxygen atoms in total. The summed E-state index contributed by atoms with van der Waals surface area (Å²) in [5.74, 6) is -1.09. The molecule has 156 valence electrons. The zero-order valence-corrected chi connectivity index (χ0v) is 16.8. The fourth-order valence-electron chi connectivity index (χ4n) is 4.84. The molecular formula is C25H22N2O4. The summed E-state index contributed by atoms with van der Waals surface area (Å²) in [6, 6.07) is 20.4. The van der Waals surface area contributed by atoms with Gasteiger partial charge in [-0.25, -0.2) is 9.59 Å². The Kier molecular flexibility index (Phi) is 4.90. The summed E-state index contributed by atoms with van der Waals surface area (Å²) >= 11 is 0. The number of carbonyl (C=O) groups excluding carboxylic acids is 1. The highest BCUT2D eigenvalue weighted by atomic mass is 16.6. The molecule has 2 aromatic carbocycles. The molecule has 1 saturated heterocycles. The number of aliphatic carboxylic acids is 1. The largest absolute Gasteiger partial charge is 0.480 e. The molecule has 6 heteroatoms. The number of carboxylic acids is 1. The van der Waals surface area contributed by atoms with Gasteiger partial charge in [0.25, 0.3) is 0 Å².